The summed E-state index contributed by atoms with van der Waals surface area (Å²) in [6.45, 7) is 2.09. The first kappa shape index (κ1) is 14.9. The van der Waals surface area contributed by atoms with E-state index in [0.717, 1.165) is 29.1 Å². The van der Waals surface area contributed by atoms with E-state index in [1.54, 1.807) is 7.11 Å². The van der Waals surface area contributed by atoms with Gasteiger partial charge in [0.2, 0.25) is 0 Å². The topological polar surface area (TPSA) is 33.6 Å². The summed E-state index contributed by atoms with van der Waals surface area (Å²) in [6, 6.07) is 17.9. The fraction of sp³-hybridized carbons (Fsp3) is 0.167. The van der Waals surface area contributed by atoms with Gasteiger partial charge in [0, 0.05) is 0 Å². The molecule has 3 nitrogen and oxygen atoms in total. The van der Waals surface area contributed by atoms with Crippen molar-refractivity contribution >= 4 is 17.5 Å². The van der Waals surface area contributed by atoms with Crippen molar-refractivity contribution in [1.82, 2.24) is 0 Å². The number of benzene rings is 2. The smallest absolute Gasteiger partial charge is 0.118 e. The van der Waals surface area contributed by atoms with Gasteiger partial charge in [-0.05, 0) is 42.3 Å². The van der Waals surface area contributed by atoms with Crippen LogP contribution < -0.4 is 10.2 Å². The molecule has 21 heavy (non-hydrogen) atoms. The highest BCUT2D eigenvalue weighted by Crippen LogP contribution is 2.12. The molecule has 0 bridgehead atoms. The standard InChI is InChI=1S/C18H20N2O/c1-3-16(19-20-17-7-5-4-6-8-17)12-9-15-10-13-18(21-2)14-11-15/h4-14,20H,3H2,1-2H3/b12-9+,19-16-. The summed E-state index contributed by atoms with van der Waals surface area (Å²) in [5.41, 5.74) is 6.17. The molecular formula is C18H20N2O. The zero-order valence-electron chi connectivity index (χ0n) is 12.4. The van der Waals surface area contributed by atoms with Crippen molar-refractivity contribution in [3.05, 3.63) is 66.2 Å². The van der Waals surface area contributed by atoms with E-state index in [1.165, 1.54) is 0 Å². The summed E-state index contributed by atoms with van der Waals surface area (Å²) in [5, 5.41) is 4.42. The van der Waals surface area contributed by atoms with Gasteiger partial charge in [-0.25, -0.2) is 0 Å². The van der Waals surface area contributed by atoms with Crippen molar-refractivity contribution < 1.29 is 4.74 Å². The van der Waals surface area contributed by atoms with Gasteiger partial charge in [-0.1, -0.05) is 43.3 Å². The molecule has 0 unspecified atom stereocenters. The summed E-state index contributed by atoms with van der Waals surface area (Å²) in [5.74, 6) is 0.863. The third-order valence-corrected chi connectivity index (χ3v) is 3.05. The molecule has 0 aromatic heterocycles. The second kappa shape index (κ2) is 7.90. The van der Waals surface area contributed by atoms with E-state index in [1.807, 2.05) is 60.7 Å². The summed E-state index contributed by atoms with van der Waals surface area (Å²) in [4.78, 5) is 0. The summed E-state index contributed by atoms with van der Waals surface area (Å²) >= 11 is 0. The Morgan fingerprint density at radius 1 is 1.10 bits per heavy atom. The average molecular weight is 280 g/mol. The van der Waals surface area contributed by atoms with Crippen LogP contribution in [0, 0.1) is 0 Å². The minimum atomic E-state index is 0.863. The van der Waals surface area contributed by atoms with Crippen LogP contribution in [0.1, 0.15) is 18.9 Å². The molecule has 0 fully saturated rings. The number of methoxy groups -OCH3 is 1. The van der Waals surface area contributed by atoms with Gasteiger partial charge in [-0.3, -0.25) is 5.43 Å². The maximum Gasteiger partial charge on any atom is 0.118 e. The number of ether oxygens (including phenoxy) is 1. The lowest BCUT2D eigenvalue weighted by Crippen LogP contribution is -1.97. The van der Waals surface area contributed by atoms with E-state index in [2.05, 4.69) is 23.5 Å². The third-order valence-electron chi connectivity index (χ3n) is 3.05. The van der Waals surface area contributed by atoms with Gasteiger partial charge in [0.15, 0.2) is 0 Å². The number of para-hydroxylation sites is 1. The molecule has 2 aromatic rings. The van der Waals surface area contributed by atoms with E-state index in [-0.39, 0.29) is 0 Å². The average Bonchev–Trinajstić information content (AvgIpc) is 2.56. The Morgan fingerprint density at radius 3 is 2.43 bits per heavy atom. The number of rotatable bonds is 6. The lowest BCUT2D eigenvalue weighted by atomic mass is 10.1. The number of hydrogen-bond donors (Lipinski definition) is 1. The first-order chi connectivity index (χ1) is 10.3. The Bertz CT molecular complexity index is 601. The van der Waals surface area contributed by atoms with Gasteiger partial charge in [0.25, 0.3) is 0 Å². The molecule has 0 amide bonds. The molecule has 0 spiro atoms. The van der Waals surface area contributed by atoms with Gasteiger partial charge in [0.05, 0.1) is 18.5 Å². The first-order valence-corrected chi connectivity index (χ1v) is 7.01. The quantitative estimate of drug-likeness (QED) is 0.620. The Hall–Kier alpha value is -2.55. The maximum atomic E-state index is 5.15. The molecule has 108 valence electrons. The highest BCUT2D eigenvalue weighted by Gasteiger charge is 1.93. The minimum Gasteiger partial charge on any atom is -0.497 e. The normalized spacial score (nSPS) is 11.6. The molecule has 3 heteroatoms. The van der Waals surface area contributed by atoms with Crippen LogP contribution in [-0.2, 0) is 0 Å². The van der Waals surface area contributed by atoms with Crippen molar-refractivity contribution in [2.24, 2.45) is 5.10 Å². The highest BCUT2D eigenvalue weighted by atomic mass is 16.5. The van der Waals surface area contributed by atoms with E-state index >= 15 is 0 Å². The maximum absolute atomic E-state index is 5.15. The van der Waals surface area contributed by atoms with Crippen molar-refractivity contribution in [3.8, 4) is 5.75 Å². The van der Waals surface area contributed by atoms with Crippen LogP contribution in [0.2, 0.25) is 0 Å². The molecule has 0 radical (unpaired) electrons. The first-order valence-electron chi connectivity index (χ1n) is 7.01. The van der Waals surface area contributed by atoms with Gasteiger partial charge < -0.3 is 4.74 Å². The van der Waals surface area contributed by atoms with Gasteiger partial charge in [-0.2, -0.15) is 5.10 Å². The number of nitrogens with zero attached hydrogens (tertiary/aromatic N) is 1. The third kappa shape index (κ3) is 4.80. The molecule has 0 aliphatic rings. The van der Waals surface area contributed by atoms with Crippen LogP contribution in [0.3, 0.4) is 0 Å². The SMILES string of the molecule is CCC(/C=C/c1ccc(OC)cc1)=N/Nc1ccccc1. The predicted octanol–water partition coefficient (Wildman–Crippen LogP) is 4.59. The van der Waals surface area contributed by atoms with E-state index in [4.69, 9.17) is 4.74 Å². The molecule has 0 aliphatic heterocycles. The van der Waals surface area contributed by atoms with Crippen LogP contribution in [-0.4, -0.2) is 12.8 Å². The fourth-order valence-corrected chi connectivity index (χ4v) is 1.79. The Morgan fingerprint density at radius 2 is 1.81 bits per heavy atom. The van der Waals surface area contributed by atoms with Gasteiger partial charge in [-0.15, -0.1) is 0 Å². The van der Waals surface area contributed by atoms with Crippen LogP contribution in [0.15, 0.2) is 65.8 Å². The number of allylic oxidation sites excluding steroid dienone is 1. The van der Waals surface area contributed by atoms with Gasteiger partial charge >= 0.3 is 0 Å². The second-order valence-electron chi connectivity index (χ2n) is 4.54. The van der Waals surface area contributed by atoms with Crippen LogP contribution >= 0.6 is 0 Å². The Balaban J connectivity index is 2.01. The molecule has 0 atom stereocenters. The molecular weight excluding hydrogens is 260 g/mol. The number of hydrogen-bond acceptors (Lipinski definition) is 3. The van der Waals surface area contributed by atoms with Crippen LogP contribution in [0.5, 0.6) is 5.75 Å². The van der Waals surface area contributed by atoms with Crippen molar-refractivity contribution in [1.29, 1.82) is 0 Å². The number of hydrazone groups is 1. The molecule has 2 aromatic carbocycles. The number of anilines is 1. The zero-order valence-corrected chi connectivity index (χ0v) is 12.4. The van der Waals surface area contributed by atoms with Crippen LogP contribution in [0.4, 0.5) is 5.69 Å². The molecule has 0 saturated heterocycles. The Kier molecular flexibility index (Phi) is 5.59. The van der Waals surface area contributed by atoms with Crippen molar-refractivity contribution in [2.75, 3.05) is 12.5 Å². The molecule has 1 N–H and O–H groups in total. The number of nitrogens with one attached hydrogen (secondary N) is 1. The lowest BCUT2D eigenvalue weighted by Gasteiger charge is -2.02. The van der Waals surface area contributed by atoms with E-state index in [9.17, 15) is 0 Å². The predicted molar refractivity (Wildman–Crippen MR) is 89.8 cm³/mol. The van der Waals surface area contributed by atoms with E-state index < -0.39 is 0 Å². The zero-order chi connectivity index (χ0) is 14.9. The van der Waals surface area contributed by atoms with Crippen LogP contribution in [0.25, 0.3) is 6.08 Å². The fourth-order valence-electron chi connectivity index (χ4n) is 1.79. The summed E-state index contributed by atoms with van der Waals surface area (Å²) in [7, 11) is 1.67. The highest BCUT2D eigenvalue weighted by molar-refractivity contribution is 5.98. The van der Waals surface area contributed by atoms with E-state index in [0.29, 0.717) is 0 Å². The molecule has 0 aliphatic carbocycles. The molecule has 2 rings (SSSR count). The Labute approximate surface area is 126 Å². The lowest BCUT2D eigenvalue weighted by molar-refractivity contribution is 0.415. The largest absolute Gasteiger partial charge is 0.497 e. The second-order valence-corrected chi connectivity index (χ2v) is 4.54. The molecule has 0 saturated carbocycles. The summed E-state index contributed by atoms with van der Waals surface area (Å²) in [6.07, 6.45) is 4.94. The van der Waals surface area contributed by atoms with Crippen molar-refractivity contribution in [3.63, 3.8) is 0 Å². The molecule has 0 heterocycles. The summed E-state index contributed by atoms with van der Waals surface area (Å²) < 4.78 is 5.15. The minimum absolute atomic E-state index is 0.863. The van der Waals surface area contributed by atoms with Gasteiger partial charge in [0.1, 0.15) is 5.75 Å². The monoisotopic (exact) mass is 280 g/mol. The van der Waals surface area contributed by atoms with Crippen molar-refractivity contribution in [2.45, 2.75) is 13.3 Å².